The minimum absolute atomic E-state index is 0.276. The minimum Gasteiger partial charge on any atom is -0.370 e. The van der Waals surface area contributed by atoms with E-state index < -0.39 is 0 Å². The van der Waals surface area contributed by atoms with Crippen molar-refractivity contribution in [2.75, 3.05) is 17.2 Å². The van der Waals surface area contributed by atoms with E-state index in [1.54, 1.807) is 11.3 Å². The first kappa shape index (κ1) is 15.8. The molecule has 0 aromatic carbocycles. The molecule has 2 aromatic heterocycles. The molecule has 0 bridgehead atoms. The first-order valence-electron chi connectivity index (χ1n) is 7.49. The predicted molar refractivity (Wildman–Crippen MR) is 91.1 cm³/mol. The first-order chi connectivity index (χ1) is 10.1. The summed E-state index contributed by atoms with van der Waals surface area (Å²) < 4.78 is 0. The number of thiophene rings is 1. The van der Waals surface area contributed by atoms with Gasteiger partial charge >= 0.3 is 0 Å². The van der Waals surface area contributed by atoms with Gasteiger partial charge in [-0.15, -0.1) is 11.3 Å². The molecule has 4 nitrogen and oxygen atoms in total. The third-order valence-corrected chi connectivity index (χ3v) is 4.17. The zero-order chi connectivity index (χ0) is 15.2. The van der Waals surface area contributed by atoms with Gasteiger partial charge in [0.2, 0.25) is 0 Å². The van der Waals surface area contributed by atoms with E-state index in [4.69, 9.17) is 0 Å². The van der Waals surface area contributed by atoms with Gasteiger partial charge in [0.1, 0.15) is 17.5 Å². The Hall–Kier alpha value is -1.62. The van der Waals surface area contributed by atoms with Gasteiger partial charge in [-0.2, -0.15) is 0 Å². The molecule has 2 rings (SSSR count). The van der Waals surface area contributed by atoms with E-state index in [2.05, 4.69) is 58.9 Å². The molecule has 0 saturated heterocycles. The van der Waals surface area contributed by atoms with E-state index in [0.717, 1.165) is 30.4 Å². The summed E-state index contributed by atoms with van der Waals surface area (Å²) in [5.74, 6) is 3.05. The van der Waals surface area contributed by atoms with E-state index in [0.29, 0.717) is 5.92 Å². The third-order valence-electron chi connectivity index (χ3n) is 3.21. The van der Waals surface area contributed by atoms with Crippen molar-refractivity contribution in [2.45, 2.75) is 40.2 Å². The molecule has 2 N–H and O–H groups in total. The van der Waals surface area contributed by atoms with Crippen LogP contribution in [0, 0.1) is 12.8 Å². The number of rotatable bonds is 7. The molecule has 1 atom stereocenters. The molecule has 0 aliphatic carbocycles. The van der Waals surface area contributed by atoms with Crippen molar-refractivity contribution < 1.29 is 0 Å². The minimum atomic E-state index is 0.276. The second-order valence-electron chi connectivity index (χ2n) is 5.49. The number of aromatic nitrogens is 2. The second-order valence-corrected chi connectivity index (χ2v) is 6.47. The normalized spacial score (nSPS) is 12.4. The SMILES string of the molecule is CCCNc1cc(NC(c2cccs2)C(C)C)nc(C)n1. The molecule has 114 valence electrons. The highest BCUT2D eigenvalue weighted by Gasteiger charge is 2.17. The molecule has 0 amide bonds. The highest BCUT2D eigenvalue weighted by Crippen LogP contribution is 2.29. The molecule has 0 aliphatic heterocycles. The van der Waals surface area contributed by atoms with Crippen molar-refractivity contribution in [2.24, 2.45) is 5.92 Å². The highest BCUT2D eigenvalue weighted by atomic mass is 32.1. The Labute approximate surface area is 131 Å². The van der Waals surface area contributed by atoms with Crippen molar-refractivity contribution in [3.05, 3.63) is 34.3 Å². The summed E-state index contributed by atoms with van der Waals surface area (Å²) in [5, 5.41) is 9.00. The van der Waals surface area contributed by atoms with Gasteiger partial charge in [-0.3, -0.25) is 0 Å². The maximum Gasteiger partial charge on any atom is 0.132 e. The van der Waals surface area contributed by atoms with Gasteiger partial charge in [0, 0.05) is 17.5 Å². The lowest BCUT2D eigenvalue weighted by molar-refractivity contribution is 0.552. The van der Waals surface area contributed by atoms with Gasteiger partial charge in [-0.05, 0) is 30.7 Å². The Bertz CT molecular complexity index is 551. The molecule has 2 aromatic rings. The van der Waals surface area contributed by atoms with Crippen molar-refractivity contribution in [3.8, 4) is 0 Å². The van der Waals surface area contributed by atoms with Crippen LogP contribution >= 0.6 is 11.3 Å². The second kappa shape index (κ2) is 7.41. The highest BCUT2D eigenvalue weighted by molar-refractivity contribution is 7.10. The predicted octanol–water partition coefficient (Wildman–Crippen LogP) is 4.48. The van der Waals surface area contributed by atoms with E-state index in [-0.39, 0.29) is 6.04 Å². The smallest absolute Gasteiger partial charge is 0.132 e. The maximum atomic E-state index is 4.52. The Balaban J connectivity index is 2.18. The van der Waals surface area contributed by atoms with Crippen molar-refractivity contribution >= 4 is 23.0 Å². The van der Waals surface area contributed by atoms with Crippen LogP contribution in [0.15, 0.2) is 23.6 Å². The van der Waals surface area contributed by atoms with Crippen molar-refractivity contribution in [1.29, 1.82) is 0 Å². The molecule has 5 heteroatoms. The summed E-state index contributed by atoms with van der Waals surface area (Å²) in [5.41, 5.74) is 0. The number of hydrogen-bond acceptors (Lipinski definition) is 5. The van der Waals surface area contributed by atoms with Gasteiger partial charge in [0.25, 0.3) is 0 Å². The molecule has 2 heterocycles. The van der Waals surface area contributed by atoms with Gasteiger partial charge in [-0.1, -0.05) is 26.8 Å². The van der Waals surface area contributed by atoms with Crippen LogP contribution in [0.5, 0.6) is 0 Å². The fourth-order valence-electron chi connectivity index (χ4n) is 2.18. The van der Waals surface area contributed by atoms with Crippen LogP contribution in [-0.2, 0) is 0 Å². The van der Waals surface area contributed by atoms with E-state index >= 15 is 0 Å². The summed E-state index contributed by atoms with van der Waals surface area (Å²) in [7, 11) is 0. The summed E-state index contributed by atoms with van der Waals surface area (Å²) in [4.78, 5) is 10.3. The fourth-order valence-corrected chi connectivity index (χ4v) is 3.13. The fraction of sp³-hybridized carbons (Fsp3) is 0.500. The zero-order valence-corrected chi connectivity index (χ0v) is 14.0. The van der Waals surface area contributed by atoms with Crippen LogP contribution < -0.4 is 10.6 Å². The van der Waals surface area contributed by atoms with Gasteiger partial charge < -0.3 is 10.6 Å². The van der Waals surface area contributed by atoms with Gasteiger partial charge in [0.05, 0.1) is 6.04 Å². The van der Waals surface area contributed by atoms with Crippen molar-refractivity contribution in [3.63, 3.8) is 0 Å². The summed E-state index contributed by atoms with van der Waals surface area (Å²) in [6.07, 6.45) is 1.08. The lowest BCUT2D eigenvalue weighted by atomic mass is 10.0. The Kier molecular flexibility index (Phi) is 5.56. The summed E-state index contributed by atoms with van der Waals surface area (Å²) in [6.45, 7) is 9.45. The van der Waals surface area contributed by atoms with Crippen LogP contribution in [0.3, 0.4) is 0 Å². The van der Waals surface area contributed by atoms with E-state index in [1.165, 1.54) is 4.88 Å². The number of aryl methyl sites for hydroxylation is 1. The molecule has 0 spiro atoms. The average Bonchev–Trinajstić information content (AvgIpc) is 2.95. The topological polar surface area (TPSA) is 49.8 Å². The van der Waals surface area contributed by atoms with Crippen LogP contribution in [-0.4, -0.2) is 16.5 Å². The molecule has 0 fully saturated rings. The standard InChI is InChI=1S/C16H24N4S/c1-5-8-17-14-10-15(19-12(4)18-14)20-16(11(2)3)13-7-6-9-21-13/h6-7,9-11,16H,5,8H2,1-4H3,(H2,17,18,19,20). The number of hydrogen-bond donors (Lipinski definition) is 2. The third kappa shape index (κ3) is 4.43. The lowest BCUT2D eigenvalue weighted by Crippen LogP contribution is -2.17. The van der Waals surface area contributed by atoms with E-state index in [1.807, 2.05) is 13.0 Å². The Morgan fingerprint density at radius 2 is 2.00 bits per heavy atom. The van der Waals surface area contributed by atoms with Crippen molar-refractivity contribution in [1.82, 2.24) is 9.97 Å². The molecule has 0 saturated carbocycles. The molecule has 21 heavy (non-hydrogen) atoms. The van der Waals surface area contributed by atoms with Crippen LogP contribution in [0.2, 0.25) is 0 Å². The molecular formula is C16H24N4S. The average molecular weight is 304 g/mol. The largest absolute Gasteiger partial charge is 0.370 e. The quantitative estimate of drug-likeness (QED) is 0.792. The summed E-state index contributed by atoms with van der Waals surface area (Å²) >= 11 is 1.78. The van der Waals surface area contributed by atoms with Gasteiger partial charge in [0.15, 0.2) is 0 Å². The molecule has 0 radical (unpaired) electrons. The maximum absolute atomic E-state index is 4.52. The molecule has 0 aliphatic rings. The molecular weight excluding hydrogens is 280 g/mol. The van der Waals surface area contributed by atoms with Crippen LogP contribution in [0.1, 0.15) is 43.9 Å². The zero-order valence-electron chi connectivity index (χ0n) is 13.2. The number of anilines is 2. The number of nitrogens with zero attached hydrogens (tertiary/aromatic N) is 2. The van der Waals surface area contributed by atoms with Crippen LogP contribution in [0.25, 0.3) is 0 Å². The Morgan fingerprint density at radius 3 is 2.62 bits per heavy atom. The van der Waals surface area contributed by atoms with Gasteiger partial charge in [-0.25, -0.2) is 9.97 Å². The monoisotopic (exact) mass is 304 g/mol. The Morgan fingerprint density at radius 1 is 1.24 bits per heavy atom. The van der Waals surface area contributed by atoms with E-state index in [9.17, 15) is 0 Å². The van der Waals surface area contributed by atoms with Crippen LogP contribution in [0.4, 0.5) is 11.6 Å². The first-order valence-corrected chi connectivity index (χ1v) is 8.37. The molecule has 1 unspecified atom stereocenters. The lowest BCUT2D eigenvalue weighted by Gasteiger charge is -2.22. The summed E-state index contributed by atoms with van der Waals surface area (Å²) in [6, 6.07) is 6.53. The number of nitrogens with one attached hydrogen (secondary N) is 2.